The van der Waals surface area contributed by atoms with Crippen LogP contribution < -0.4 is 0 Å². The molecule has 0 aliphatic carbocycles. The molecular weight excluding hydrogens is 318 g/mol. The van der Waals surface area contributed by atoms with E-state index in [0.29, 0.717) is 0 Å². The smallest absolute Gasteiger partial charge is 0.264 e. The van der Waals surface area contributed by atoms with Gasteiger partial charge in [-0.15, -0.1) is 11.3 Å². The van der Waals surface area contributed by atoms with Gasteiger partial charge in [0.2, 0.25) is 0 Å². The van der Waals surface area contributed by atoms with Crippen molar-refractivity contribution in [2.24, 2.45) is 0 Å². The molecule has 1 saturated heterocycles. The van der Waals surface area contributed by atoms with Crippen molar-refractivity contribution in [1.29, 1.82) is 0 Å². The zero-order chi connectivity index (χ0) is 17.5. The number of hydrogen-bond acceptors (Lipinski definition) is 4. The molecule has 0 aromatic carbocycles. The first kappa shape index (κ1) is 17.3. The molecule has 0 atom stereocenters. The van der Waals surface area contributed by atoms with Crippen LogP contribution in [0.15, 0.2) is 0 Å². The fourth-order valence-corrected chi connectivity index (χ4v) is 4.50. The van der Waals surface area contributed by atoms with Gasteiger partial charge in [-0.1, -0.05) is 33.6 Å². The quantitative estimate of drug-likeness (QED) is 0.757. The molecular formula is C19H27N3OS. The van der Waals surface area contributed by atoms with E-state index in [1.165, 1.54) is 24.2 Å². The van der Waals surface area contributed by atoms with E-state index < -0.39 is 0 Å². The van der Waals surface area contributed by atoms with Gasteiger partial charge in [-0.25, -0.2) is 9.97 Å². The number of likely N-dealkylation sites (tertiary alicyclic amines) is 1. The molecule has 0 spiro atoms. The van der Waals surface area contributed by atoms with Crippen LogP contribution in [0.4, 0.5) is 0 Å². The lowest BCUT2D eigenvalue weighted by Crippen LogP contribution is -2.31. The third kappa shape index (κ3) is 3.18. The van der Waals surface area contributed by atoms with Crippen LogP contribution in [0.3, 0.4) is 0 Å². The van der Waals surface area contributed by atoms with Gasteiger partial charge in [0, 0.05) is 23.9 Å². The zero-order valence-electron chi connectivity index (χ0n) is 15.4. The summed E-state index contributed by atoms with van der Waals surface area (Å²) in [5.41, 5.74) is 1.93. The van der Waals surface area contributed by atoms with Gasteiger partial charge in [0.05, 0.1) is 10.6 Å². The highest BCUT2D eigenvalue weighted by molar-refractivity contribution is 7.20. The molecule has 0 bridgehead atoms. The van der Waals surface area contributed by atoms with E-state index in [4.69, 9.17) is 9.97 Å². The van der Waals surface area contributed by atoms with Crippen LogP contribution in [-0.4, -0.2) is 33.9 Å². The number of amides is 1. The SMILES string of the molecule is Cc1nc(C(C)(C)C)nc2sc(C(=O)N3CCCCCC3)c(C)c12. The number of hydrogen-bond donors (Lipinski definition) is 0. The maximum Gasteiger partial charge on any atom is 0.264 e. The molecule has 0 N–H and O–H groups in total. The van der Waals surface area contributed by atoms with E-state index in [9.17, 15) is 4.79 Å². The summed E-state index contributed by atoms with van der Waals surface area (Å²) in [6.07, 6.45) is 4.69. The Morgan fingerprint density at radius 2 is 1.67 bits per heavy atom. The van der Waals surface area contributed by atoms with Crippen molar-refractivity contribution in [2.75, 3.05) is 13.1 Å². The van der Waals surface area contributed by atoms with Gasteiger partial charge in [-0.2, -0.15) is 0 Å². The number of carbonyl (C=O) groups excluding carboxylic acids is 1. The van der Waals surface area contributed by atoms with E-state index in [2.05, 4.69) is 20.8 Å². The number of aromatic nitrogens is 2. The first-order valence-electron chi connectivity index (χ1n) is 8.86. The van der Waals surface area contributed by atoms with E-state index in [-0.39, 0.29) is 11.3 Å². The minimum atomic E-state index is -0.0915. The molecule has 3 heterocycles. The molecule has 0 radical (unpaired) electrons. The van der Waals surface area contributed by atoms with Crippen molar-refractivity contribution in [1.82, 2.24) is 14.9 Å². The fourth-order valence-electron chi connectivity index (χ4n) is 3.30. The minimum absolute atomic E-state index is 0.0915. The van der Waals surface area contributed by atoms with Gasteiger partial charge >= 0.3 is 0 Å². The summed E-state index contributed by atoms with van der Waals surface area (Å²) >= 11 is 1.53. The van der Waals surface area contributed by atoms with Crippen LogP contribution in [0.25, 0.3) is 10.2 Å². The molecule has 1 amide bonds. The molecule has 2 aromatic heterocycles. The van der Waals surface area contributed by atoms with Gasteiger partial charge in [0.1, 0.15) is 10.7 Å². The van der Waals surface area contributed by atoms with Gasteiger partial charge in [-0.05, 0) is 32.3 Å². The Morgan fingerprint density at radius 1 is 1.04 bits per heavy atom. The van der Waals surface area contributed by atoms with Crippen molar-refractivity contribution in [2.45, 2.75) is 65.7 Å². The Kier molecular flexibility index (Phi) is 4.65. The second-order valence-electron chi connectivity index (χ2n) is 7.83. The van der Waals surface area contributed by atoms with Gasteiger partial charge in [0.25, 0.3) is 5.91 Å². The largest absolute Gasteiger partial charge is 0.338 e. The summed E-state index contributed by atoms with van der Waals surface area (Å²) < 4.78 is 0. The highest BCUT2D eigenvalue weighted by Crippen LogP contribution is 2.34. The van der Waals surface area contributed by atoms with Crippen LogP contribution in [-0.2, 0) is 5.41 Å². The number of rotatable bonds is 1. The number of nitrogens with zero attached hydrogens (tertiary/aromatic N) is 3. The highest BCUT2D eigenvalue weighted by atomic mass is 32.1. The predicted molar refractivity (Wildman–Crippen MR) is 100.0 cm³/mol. The first-order chi connectivity index (χ1) is 11.3. The third-order valence-electron chi connectivity index (χ3n) is 4.73. The lowest BCUT2D eigenvalue weighted by molar-refractivity contribution is 0.0766. The Hall–Kier alpha value is -1.49. The van der Waals surface area contributed by atoms with Crippen LogP contribution in [0, 0.1) is 13.8 Å². The number of fused-ring (bicyclic) bond motifs is 1. The van der Waals surface area contributed by atoms with E-state index in [1.807, 2.05) is 18.7 Å². The maximum absolute atomic E-state index is 13.0. The van der Waals surface area contributed by atoms with Crippen molar-refractivity contribution in [3.05, 3.63) is 22.0 Å². The van der Waals surface area contributed by atoms with Crippen molar-refractivity contribution >= 4 is 27.5 Å². The van der Waals surface area contributed by atoms with Crippen molar-refractivity contribution in [3.8, 4) is 0 Å². The summed E-state index contributed by atoms with van der Waals surface area (Å²) in [6.45, 7) is 12.2. The molecule has 0 unspecified atom stereocenters. The number of carbonyl (C=O) groups is 1. The van der Waals surface area contributed by atoms with E-state index >= 15 is 0 Å². The number of aryl methyl sites for hydroxylation is 2. The van der Waals surface area contributed by atoms with Crippen LogP contribution in [0.1, 0.15) is 73.2 Å². The van der Waals surface area contributed by atoms with Crippen LogP contribution in [0.5, 0.6) is 0 Å². The van der Waals surface area contributed by atoms with Gasteiger partial charge in [0.15, 0.2) is 0 Å². The third-order valence-corrected chi connectivity index (χ3v) is 5.90. The van der Waals surface area contributed by atoms with Gasteiger partial charge < -0.3 is 4.90 Å². The second-order valence-corrected chi connectivity index (χ2v) is 8.82. The average molecular weight is 346 g/mol. The standard InChI is InChI=1S/C19H27N3OS/c1-12-14-13(2)20-18(19(3,4)5)21-16(14)24-15(12)17(23)22-10-8-6-7-9-11-22/h6-11H2,1-5H3. The normalized spacial score (nSPS) is 16.5. The van der Waals surface area contributed by atoms with Crippen molar-refractivity contribution in [3.63, 3.8) is 0 Å². The summed E-state index contributed by atoms with van der Waals surface area (Å²) in [4.78, 5) is 26.3. The monoisotopic (exact) mass is 345 g/mol. The summed E-state index contributed by atoms with van der Waals surface area (Å²) in [7, 11) is 0. The van der Waals surface area contributed by atoms with Crippen LogP contribution in [0.2, 0.25) is 0 Å². The van der Waals surface area contributed by atoms with Crippen molar-refractivity contribution < 1.29 is 4.79 Å². The average Bonchev–Trinajstić information content (AvgIpc) is 2.70. The minimum Gasteiger partial charge on any atom is -0.338 e. The Morgan fingerprint density at radius 3 is 2.25 bits per heavy atom. The molecule has 2 aromatic rings. The summed E-state index contributed by atoms with van der Waals surface area (Å²) in [5, 5.41) is 1.06. The molecule has 1 aliphatic heterocycles. The Balaban J connectivity index is 2.04. The second kappa shape index (κ2) is 6.43. The Labute approximate surface area is 148 Å². The first-order valence-corrected chi connectivity index (χ1v) is 9.68. The predicted octanol–water partition coefficient (Wildman–Crippen LogP) is 4.62. The maximum atomic E-state index is 13.0. The summed E-state index contributed by atoms with van der Waals surface area (Å²) in [6, 6.07) is 0. The molecule has 24 heavy (non-hydrogen) atoms. The Bertz CT molecular complexity index is 765. The molecule has 5 heteroatoms. The number of thiophene rings is 1. The molecule has 0 saturated carbocycles. The molecule has 1 aliphatic rings. The molecule has 1 fully saturated rings. The molecule has 4 nitrogen and oxygen atoms in total. The topological polar surface area (TPSA) is 46.1 Å². The zero-order valence-corrected chi connectivity index (χ0v) is 16.2. The van der Waals surface area contributed by atoms with Gasteiger partial charge in [-0.3, -0.25) is 4.79 Å². The fraction of sp³-hybridized carbons (Fsp3) is 0.632. The molecule has 3 rings (SSSR count). The lowest BCUT2D eigenvalue weighted by atomic mass is 9.95. The molecule has 130 valence electrons. The van der Waals surface area contributed by atoms with E-state index in [1.54, 1.807) is 0 Å². The lowest BCUT2D eigenvalue weighted by Gasteiger charge is -2.19. The summed E-state index contributed by atoms with van der Waals surface area (Å²) in [5.74, 6) is 1.02. The van der Waals surface area contributed by atoms with Crippen LogP contribution >= 0.6 is 11.3 Å². The van der Waals surface area contributed by atoms with E-state index in [0.717, 1.165) is 58.1 Å². The highest BCUT2D eigenvalue weighted by Gasteiger charge is 2.26.